The van der Waals surface area contributed by atoms with Crippen molar-refractivity contribution in [2.45, 2.75) is 25.2 Å². The van der Waals surface area contributed by atoms with Crippen LogP contribution in [0.2, 0.25) is 0 Å². The zero-order valence-electron chi connectivity index (χ0n) is 15.6. The number of nitrogens with one attached hydrogen (secondary N) is 2. The van der Waals surface area contributed by atoms with Crippen LogP contribution in [0.15, 0.2) is 48.5 Å². The Morgan fingerprint density at radius 1 is 1.07 bits per heavy atom. The summed E-state index contributed by atoms with van der Waals surface area (Å²) in [6.07, 6.45) is -2.61. The van der Waals surface area contributed by atoms with Gasteiger partial charge in [-0.3, -0.25) is 4.79 Å². The molecule has 2 aromatic carbocycles. The lowest BCUT2D eigenvalue weighted by Gasteiger charge is -2.11. The minimum atomic E-state index is -4.76. The van der Waals surface area contributed by atoms with Gasteiger partial charge < -0.3 is 15.4 Å². The summed E-state index contributed by atoms with van der Waals surface area (Å²) >= 11 is 0. The Balaban J connectivity index is 1.29. The van der Waals surface area contributed by atoms with Gasteiger partial charge in [0.25, 0.3) is 0 Å². The van der Waals surface area contributed by atoms with Gasteiger partial charge in [-0.1, -0.05) is 0 Å². The quantitative estimate of drug-likeness (QED) is 0.609. The summed E-state index contributed by atoms with van der Waals surface area (Å²) < 4.78 is 42.1. The van der Waals surface area contributed by atoms with Gasteiger partial charge in [-0.05, 0) is 71.8 Å². The number of halogens is 3. The van der Waals surface area contributed by atoms with Crippen LogP contribution in [0, 0.1) is 0 Å². The van der Waals surface area contributed by atoms with Crippen molar-refractivity contribution in [2.75, 3.05) is 17.2 Å². The Hall–Kier alpha value is -3.63. The molecule has 0 aliphatic heterocycles. The maximum atomic E-state index is 12.2. The number of anilines is 2. The zero-order valence-corrected chi connectivity index (χ0v) is 15.6. The molecule has 8 nitrogen and oxygen atoms in total. The SMILES string of the molecule is O=C(CNc1ccc(-c2nnnn2C2CC2)cc1)Nc1ccc(OC(F)(F)F)cc1. The third-order valence-electron chi connectivity index (χ3n) is 4.35. The smallest absolute Gasteiger partial charge is 0.406 e. The number of alkyl halides is 3. The number of hydrogen-bond acceptors (Lipinski definition) is 6. The lowest BCUT2D eigenvalue weighted by atomic mass is 10.2. The van der Waals surface area contributed by atoms with E-state index in [-0.39, 0.29) is 18.2 Å². The molecule has 1 aromatic heterocycles. The van der Waals surface area contributed by atoms with Crippen molar-refractivity contribution < 1.29 is 22.7 Å². The summed E-state index contributed by atoms with van der Waals surface area (Å²) in [5.74, 6) is 0.00687. The molecule has 0 saturated heterocycles. The molecule has 0 spiro atoms. The number of nitrogens with zero attached hydrogens (tertiary/aromatic N) is 4. The van der Waals surface area contributed by atoms with Crippen LogP contribution >= 0.6 is 0 Å². The van der Waals surface area contributed by atoms with Gasteiger partial charge in [0, 0.05) is 16.9 Å². The van der Waals surface area contributed by atoms with E-state index >= 15 is 0 Å². The highest BCUT2D eigenvalue weighted by Crippen LogP contribution is 2.36. The minimum Gasteiger partial charge on any atom is -0.406 e. The lowest BCUT2D eigenvalue weighted by Crippen LogP contribution is -2.21. The van der Waals surface area contributed by atoms with Gasteiger partial charge in [0.05, 0.1) is 12.6 Å². The van der Waals surface area contributed by atoms with Crippen LogP contribution in [0.4, 0.5) is 24.5 Å². The summed E-state index contributed by atoms with van der Waals surface area (Å²) in [5.41, 5.74) is 1.97. The zero-order chi connectivity index (χ0) is 21.1. The summed E-state index contributed by atoms with van der Waals surface area (Å²) in [7, 11) is 0. The molecule has 0 unspecified atom stereocenters. The normalized spacial score (nSPS) is 13.7. The molecule has 1 aliphatic rings. The summed E-state index contributed by atoms with van der Waals surface area (Å²) in [4.78, 5) is 12.1. The number of carbonyl (C=O) groups is 1. The highest BCUT2D eigenvalue weighted by molar-refractivity contribution is 5.93. The predicted octanol–water partition coefficient (Wildman–Crippen LogP) is 3.62. The molecule has 30 heavy (non-hydrogen) atoms. The highest BCUT2D eigenvalue weighted by atomic mass is 19.4. The van der Waals surface area contributed by atoms with Crippen molar-refractivity contribution in [3.05, 3.63) is 48.5 Å². The molecule has 0 atom stereocenters. The summed E-state index contributed by atoms with van der Waals surface area (Å²) in [5, 5.41) is 17.4. The largest absolute Gasteiger partial charge is 0.573 e. The maximum absolute atomic E-state index is 12.2. The predicted molar refractivity (Wildman–Crippen MR) is 102 cm³/mol. The number of rotatable bonds is 7. The Bertz CT molecular complexity index is 1010. The van der Waals surface area contributed by atoms with Crippen LogP contribution in [0.1, 0.15) is 18.9 Å². The van der Waals surface area contributed by atoms with Gasteiger partial charge in [0.15, 0.2) is 5.82 Å². The molecule has 3 aromatic rings. The Labute approximate surface area is 169 Å². The first-order chi connectivity index (χ1) is 14.4. The summed E-state index contributed by atoms with van der Waals surface area (Å²) in [6.45, 7) is -0.0139. The fourth-order valence-corrected chi connectivity index (χ4v) is 2.81. The minimum absolute atomic E-state index is 0.0139. The second-order valence-electron chi connectivity index (χ2n) is 6.73. The van der Waals surface area contributed by atoms with Crippen molar-refractivity contribution in [1.29, 1.82) is 0 Å². The molecular formula is C19H17F3N6O2. The second kappa shape index (κ2) is 8.01. The number of benzene rings is 2. The number of amides is 1. The van der Waals surface area contributed by atoms with Crippen LogP contribution in [0.5, 0.6) is 5.75 Å². The molecule has 1 fully saturated rings. The van der Waals surface area contributed by atoms with Gasteiger partial charge in [0.1, 0.15) is 5.75 Å². The Morgan fingerprint density at radius 3 is 2.37 bits per heavy atom. The van der Waals surface area contributed by atoms with E-state index in [0.29, 0.717) is 17.6 Å². The third-order valence-corrected chi connectivity index (χ3v) is 4.35. The molecular weight excluding hydrogens is 401 g/mol. The van der Waals surface area contributed by atoms with E-state index in [1.54, 1.807) is 0 Å². The average Bonchev–Trinajstić information content (AvgIpc) is 3.44. The first-order valence-corrected chi connectivity index (χ1v) is 9.15. The number of tetrazole rings is 1. The maximum Gasteiger partial charge on any atom is 0.573 e. The number of aromatic nitrogens is 4. The van der Waals surface area contributed by atoms with Crippen molar-refractivity contribution in [3.63, 3.8) is 0 Å². The van der Waals surface area contributed by atoms with Gasteiger partial charge >= 0.3 is 6.36 Å². The van der Waals surface area contributed by atoms with E-state index in [1.807, 2.05) is 28.9 Å². The standard InChI is InChI=1S/C19H17F3N6O2/c20-19(21,22)30-16-9-5-14(6-10-16)24-17(29)11-23-13-3-1-12(2-4-13)18-25-26-27-28(18)15-7-8-15/h1-6,9-10,15,23H,7-8,11H2,(H,24,29). The van der Waals surface area contributed by atoms with E-state index < -0.39 is 6.36 Å². The number of hydrogen-bond donors (Lipinski definition) is 2. The molecule has 2 N–H and O–H groups in total. The first-order valence-electron chi connectivity index (χ1n) is 9.15. The topological polar surface area (TPSA) is 94.0 Å². The van der Waals surface area contributed by atoms with E-state index in [0.717, 1.165) is 36.2 Å². The van der Waals surface area contributed by atoms with Crippen LogP contribution in [0.25, 0.3) is 11.4 Å². The van der Waals surface area contributed by atoms with Crippen molar-refractivity contribution in [2.24, 2.45) is 0 Å². The van der Waals surface area contributed by atoms with Crippen molar-refractivity contribution >= 4 is 17.3 Å². The molecule has 1 aliphatic carbocycles. The van der Waals surface area contributed by atoms with Crippen molar-refractivity contribution in [1.82, 2.24) is 20.2 Å². The number of carbonyl (C=O) groups excluding carboxylic acids is 1. The highest BCUT2D eigenvalue weighted by Gasteiger charge is 2.31. The van der Waals surface area contributed by atoms with Crippen LogP contribution in [-0.2, 0) is 4.79 Å². The molecule has 4 rings (SSSR count). The molecule has 1 amide bonds. The van der Waals surface area contributed by atoms with Gasteiger partial charge in [-0.2, -0.15) is 0 Å². The molecule has 1 heterocycles. The molecule has 11 heteroatoms. The van der Waals surface area contributed by atoms with Crippen LogP contribution in [-0.4, -0.2) is 39.0 Å². The van der Waals surface area contributed by atoms with E-state index in [2.05, 4.69) is 30.9 Å². The average molecular weight is 418 g/mol. The molecule has 0 bridgehead atoms. The Kier molecular flexibility index (Phi) is 5.25. The molecule has 1 saturated carbocycles. The molecule has 0 radical (unpaired) electrons. The van der Waals surface area contributed by atoms with Crippen molar-refractivity contribution in [3.8, 4) is 17.1 Å². The van der Waals surface area contributed by atoms with Gasteiger partial charge in [-0.25, -0.2) is 4.68 Å². The third kappa shape index (κ3) is 5.04. The monoisotopic (exact) mass is 418 g/mol. The van der Waals surface area contributed by atoms with Crippen LogP contribution in [0.3, 0.4) is 0 Å². The second-order valence-corrected chi connectivity index (χ2v) is 6.73. The fourth-order valence-electron chi connectivity index (χ4n) is 2.81. The van der Waals surface area contributed by atoms with Crippen LogP contribution < -0.4 is 15.4 Å². The Morgan fingerprint density at radius 2 is 1.73 bits per heavy atom. The van der Waals surface area contributed by atoms with E-state index in [1.165, 1.54) is 12.1 Å². The molecule has 156 valence electrons. The van der Waals surface area contributed by atoms with E-state index in [9.17, 15) is 18.0 Å². The first kappa shape index (κ1) is 19.7. The summed E-state index contributed by atoms with van der Waals surface area (Å²) in [6, 6.07) is 12.7. The fraction of sp³-hybridized carbons (Fsp3) is 0.263. The lowest BCUT2D eigenvalue weighted by molar-refractivity contribution is -0.274. The van der Waals surface area contributed by atoms with Gasteiger partial charge in [0.2, 0.25) is 5.91 Å². The number of ether oxygens (including phenoxy) is 1. The van der Waals surface area contributed by atoms with E-state index in [4.69, 9.17) is 0 Å². The van der Waals surface area contributed by atoms with Gasteiger partial charge in [-0.15, -0.1) is 18.3 Å².